The highest BCUT2D eigenvalue weighted by atomic mass is 16.6. The van der Waals surface area contributed by atoms with Crippen molar-refractivity contribution in [1.82, 2.24) is 9.80 Å². The number of aliphatic hydroxyl groups is 1. The molecule has 0 radical (unpaired) electrons. The van der Waals surface area contributed by atoms with Crippen LogP contribution in [0, 0.1) is 11.8 Å². The second kappa shape index (κ2) is 27.5. The zero-order valence-corrected chi connectivity index (χ0v) is 45.3. The number of β-amino-alcohol motifs (C(OH)–C–C–N with tert-alkyl or cyclic N) is 1. The largest absolute Gasteiger partial charge is 0.504 e. The maximum atomic E-state index is 13.5. The van der Waals surface area contributed by atoms with Crippen molar-refractivity contribution in [3.05, 3.63) is 119 Å². The highest BCUT2D eigenvalue weighted by Crippen LogP contribution is 2.38. The molecule has 0 aliphatic carbocycles. The minimum absolute atomic E-state index is 0.00449. The van der Waals surface area contributed by atoms with Crippen LogP contribution in [-0.2, 0) is 47.6 Å². The number of carbonyl (C=O) groups excluding carboxylic acids is 8. The van der Waals surface area contributed by atoms with Crippen LogP contribution in [0.25, 0.3) is 0 Å². The van der Waals surface area contributed by atoms with Crippen molar-refractivity contribution in [2.45, 2.75) is 89.9 Å². The topological polar surface area (TPSA) is 267 Å². The molecule has 77 heavy (non-hydrogen) atoms. The molecule has 2 heterocycles. The second-order valence-electron chi connectivity index (χ2n) is 19.5. The average molecular weight is 1070 g/mol. The molecule has 0 aromatic heterocycles. The van der Waals surface area contributed by atoms with Gasteiger partial charge in [-0.25, -0.2) is 19.2 Å². The normalized spacial score (nSPS) is 18.6. The first-order valence-electron chi connectivity index (χ1n) is 24.2. The van der Waals surface area contributed by atoms with E-state index >= 15 is 0 Å². The van der Waals surface area contributed by atoms with Gasteiger partial charge in [-0.2, -0.15) is 0 Å². The summed E-state index contributed by atoms with van der Waals surface area (Å²) in [5.41, 5.74) is -0.0660. The van der Waals surface area contributed by atoms with Crippen LogP contribution in [0.1, 0.15) is 95.8 Å². The van der Waals surface area contributed by atoms with Crippen LogP contribution in [0.15, 0.2) is 97.1 Å². The molecule has 0 saturated carbocycles. The molecule has 416 valence electrons. The maximum Gasteiger partial charge on any atom is 0.337 e. The Morgan fingerprint density at radius 3 is 1.35 bits per heavy atom. The Bertz CT molecular complexity index is 2700. The summed E-state index contributed by atoms with van der Waals surface area (Å²) in [7, 11) is 7.82. The molecule has 2 fully saturated rings. The number of hydrogen-bond acceptors (Lipinski definition) is 19. The Balaban J connectivity index is 0.000000281. The monoisotopic (exact) mass is 1070 g/mol. The van der Waals surface area contributed by atoms with Gasteiger partial charge in [-0.1, -0.05) is 36.4 Å². The summed E-state index contributed by atoms with van der Waals surface area (Å²) >= 11 is 0. The number of phenols is 1. The molecule has 4 aromatic carbocycles. The van der Waals surface area contributed by atoms with Gasteiger partial charge in [-0.3, -0.25) is 19.2 Å². The lowest BCUT2D eigenvalue weighted by Gasteiger charge is -2.27. The van der Waals surface area contributed by atoms with Crippen molar-refractivity contribution in [2.24, 2.45) is 11.8 Å². The zero-order valence-electron chi connectivity index (χ0n) is 45.3. The average Bonchev–Trinajstić information content (AvgIpc) is 3.94. The summed E-state index contributed by atoms with van der Waals surface area (Å²) in [5.74, 6) is -5.08. The number of carbonyl (C=O) groups is 8. The molecular formula is C56H68N2O19. The Morgan fingerprint density at radius 2 is 0.922 bits per heavy atom. The first kappa shape index (κ1) is 61.3. The number of nitrogens with zero attached hydrogens (tertiary/aromatic N) is 2. The predicted octanol–water partition coefficient (Wildman–Crippen LogP) is 5.86. The summed E-state index contributed by atoms with van der Waals surface area (Å²) in [6.07, 6.45) is -2.23. The Labute approximate surface area is 447 Å². The van der Waals surface area contributed by atoms with Crippen LogP contribution < -0.4 is 14.2 Å². The third-order valence-electron chi connectivity index (χ3n) is 11.8. The minimum atomic E-state index is -1.11. The molecule has 2 saturated heterocycles. The summed E-state index contributed by atoms with van der Waals surface area (Å²) in [6, 6.07) is 23.6. The van der Waals surface area contributed by atoms with Gasteiger partial charge < -0.3 is 62.6 Å². The van der Waals surface area contributed by atoms with Crippen molar-refractivity contribution >= 4 is 47.6 Å². The van der Waals surface area contributed by atoms with E-state index < -0.39 is 95.0 Å². The Kier molecular flexibility index (Phi) is 21.9. The fourth-order valence-corrected chi connectivity index (χ4v) is 8.39. The van der Waals surface area contributed by atoms with E-state index in [4.69, 9.17) is 37.9 Å². The Morgan fingerprint density at radius 1 is 0.506 bits per heavy atom. The van der Waals surface area contributed by atoms with Gasteiger partial charge >= 0.3 is 35.8 Å². The van der Waals surface area contributed by atoms with E-state index in [9.17, 15) is 48.6 Å². The number of ether oxygens (including phenoxy) is 9. The molecule has 0 spiro atoms. The van der Waals surface area contributed by atoms with E-state index in [1.807, 2.05) is 0 Å². The molecule has 2 amide bonds. The highest BCUT2D eigenvalue weighted by Gasteiger charge is 2.52. The fourth-order valence-electron chi connectivity index (χ4n) is 8.39. The summed E-state index contributed by atoms with van der Waals surface area (Å²) < 4.78 is 46.4. The van der Waals surface area contributed by atoms with Gasteiger partial charge in [0.05, 0.1) is 79.3 Å². The lowest BCUT2D eigenvalue weighted by molar-refractivity contribution is -0.159. The van der Waals surface area contributed by atoms with Gasteiger partial charge in [0.1, 0.15) is 29.4 Å². The van der Waals surface area contributed by atoms with Crippen LogP contribution in [0.4, 0.5) is 0 Å². The smallest absolute Gasteiger partial charge is 0.337 e. The summed E-state index contributed by atoms with van der Waals surface area (Å²) in [5, 5.41) is 19.6. The lowest BCUT2D eigenvalue weighted by Crippen LogP contribution is -2.44. The minimum Gasteiger partial charge on any atom is -0.504 e. The summed E-state index contributed by atoms with van der Waals surface area (Å²) in [4.78, 5) is 102. The second-order valence-corrected chi connectivity index (χ2v) is 19.5. The molecule has 21 nitrogen and oxygen atoms in total. The van der Waals surface area contributed by atoms with E-state index in [-0.39, 0.29) is 54.5 Å². The van der Waals surface area contributed by atoms with E-state index in [0.29, 0.717) is 16.7 Å². The molecule has 6 atom stereocenters. The van der Waals surface area contributed by atoms with Gasteiger partial charge in [0.2, 0.25) is 0 Å². The highest BCUT2D eigenvalue weighted by molar-refractivity contribution is 5.98. The molecule has 21 heteroatoms. The lowest BCUT2D eigenvalue weighted by atomic mass is 9.93. The first-order valence-corrected chi connectivity index (χ1v) is 24.2. The standard InChI is InChI=1S/C28H33NO9.C19H25NO6.C9H10O4/c1-28(2,3)38-23(30)15-19-22(37-20-13-12-18(26(32)35-5)14-21(20)34-4)16-29(24(19)27(33)36-6)25(31)17-10-8-7-9-11-17;1-19(2,3)26-15(22)10-13-14(21)11-20(16(13)18(24)25-4)17(23)12-8-6-5-7-9-12;1-12-8-5-6(9(11)13-2)3-4-7(8)10/h7-14,19,22,24H,15-16H2,1-6H3;5-9,13-14,16,21H,10-11H2,1-4H3;3-5,10H,1-2H3/t19-,22+,24-;13-,14-,16-;/m00./s1. The number of amides is 2. The molecule has 6 rings (SSSR count). The van der Waals surface area contributed by atoms with Crippen LogP contribution in [0.2, 0.25) is 0 Å². The van der Waals surface area contributed by atoms with Crippen molar-refractivity contribution in [1.29, 1.82) is 0 Å². The van der Waals surface area contributed by atoms with Gasteiger partial charge in [-0.05, 0) is 102 Å². The van der Waals surface area contributed by atoms with Crippen molar-refractivity contribution < 1.29 is 91.2 Å². The molecule has 0 bridgehead atoms. The van der Waals surface area contributed by atoms with Crippen molar-refractivity contribution in [3.63, 3.8) is 0 Å². The molecule has 2 N–H and O–H groups in total. The zero-order chi connectivity index (χ0) is 57.4. The third-order valence-corrected chi connectivity index (χ3v) is 11.8. The van der Waals surface area contributed by atoms with Crippen molar-refractivity contribution in [3.8, 4) is 23.0 Å². The third kappa shape index (κ3) is 16.9. The number of likely N-dealkylation sites (tertiary alicyclic amines) is 2. The molecule has 2 aliphatic rings. The van der Waals surface area contributed by atoms with Crippen LogP contribution >= 0.6 is 0 Å². The number of aromatic hydroxyl groups is 1. The van der Waals surface area contributed by atoms with E-state index in [1.165, 1.54) is 88.9 Å². The predicted molar refractivity (Wildman–Crippen MR) is 275 cm³/mol. The quantitative estimate of drug-likeness (QED) is 0.111. The van der Waals surface area contributed by atoms with E-state index in [0.717, 1.165) is 0 Å². The molecule has 0 unspecified atom stereocenters. The number of hydrogen-bond donors (Lipinski definition) is 2. The van der Waals surface area contributed by atoms with Gasteiger partial charge in [0.15, 0.2) is 23.0 Å². The van der Waals surface area contributed by atoms with Crippen LogP contribution in [0.3, 0.4) is 0 Å². The molecule has 4 aromatic rings. The number of aliphatic hydroxyl groups excluding tert-OH is 1. The number of phenolic OH excluding ortho intramolecular Hbond substituents is 1. The summed E-state index contributed by atoms with van der Waals surface area (Å²) in [6.45, 7) is 10.4. The number of methoxy groups -OCH3 is 6. The molecule has 2 aliphatic heterocycles. The number of esters is 6. The van der Waals surface area contributed by atoms with E-state index in [2.05, 4.69) is 4.74 Å². The van der Waals surface area contributed by atoms with Crippen LogP contribution in [-0.4, -0.2) is 159 Å². The van der Waals surface area contributed by atoms with Gasteiger partial charge in [0, 0.05) is 29.5 Å². The maximum absolute atomic E-state index is 13.5. The van der Waals surface area contributed by atoms with Crippen LogP contribution in [0.5, 0.6) is 23.0 Å². The van der Waals surface area contributed by atoms with Crippen molar-refractivity contribution in [2.75, 3.05) is 55.7 Å². The number of rotatable bonds is 14. The first-order chi connectivity index (χ1) is 36.3. The molecular weight excluding hydrogens is 1000 g/mol. The van der Waals surface area contributed by atoms with Gasteiger partial charge in [-0.15, -0.1) is 0 Å². The van der Waals surface area contributed by atoms with Gasteiger partial charge in [0.25, 0.3) is 11.8 Å². The van der Waals surface area contributed by atoms with E-state index in [1.54, 1.807) is 102 Å². The number of benzene rings is 4. The fraction of sp³-hybridized carbons (Fsp3) is 0.429. The SMILES string of the molecule is COC(=O)[C@@H]1[C@@H](CC(=O)OC(C)(C)C)[C@@H](O)CN1C(=O)c1ccccc1.COC(=O)c1ccc(O)c(OC)c1.COC(=O)c1ccc(O[C@@H]2CN(C(=O)c3ccccc3)[C@H](C(=O)OC)[C@H]2CC(=O)OC(C)(C)C)c(OC)c1. The Hall–Kier alpha value is -8.20.